The Morgan fingerprint density at radius 1 is 1.14 bits per heavy atom. The third-order valence-electron chi connectivity index (χ3n) is 1.63. The largest absolute Gasteiger partial charge is 0.385 e. The number of anilines is 1. The molecule has 0 aromatic heterocycles. The van der Waals surface area contributed by atoms with Gasteiger partial charge in [0.15, 0.2) is 0 Å². The van der Waals surface area contributed by atoms with E-state index in [0.717, 1.165) is 13.1 Å². The van der Waals surface area contributed by atoms with Gasteiger partial charge < -0.3 is 11.1 Å². The zero-order chi connectivity index (χ0) is 10.6. The van der Waals surface area contributed by atoms with E-state index in [1.165, 1.54) is 18.5 Å². The Kier molecular flexibility index (Phi) is 9.33. The first-order valence-corrected chi connectivity index (χ1v) is 5.34. The topological polar surface area (TPSA) is 38.0 Å². The molecule has 0 amide bonds. The van der Waals surface area contributed by atoms with Gasteiger partial charge in [0.1, 0.15) is 0 Å². The molecule has 0 fully saturated rings. The third kappa shape index (κ3) is 7.62. The fraction of sp³-hybridized carbons (Fsp3) is 0.500. The molecule has 0 unspecified atom stereocenters. The molecule has 2 nitrogen and oxygen atoms in total. The van der Waals surface area contributed by atoms with E-state index in [1.54, 1.807) is 0 Å². The summed E-state index contributed by atoms with van der Waals surface area (Å²) in [5.41, 5.74) is 6.07. The van der Waals surface area contributed by atoms with Crippen molar-refractivity contribution in [2.45, 2.75) is 26.7 Å². The standard InChI is InChI=1S/C10H15N.C2H7N/c1-2-3-9-11-10-7-5-4-6-8-10;1-2-3/h4-8,11H,2-3,9H2,1H3;2-3H2,1H3. The third-order valence-corrected chi connectivity index (χ3v) is 1.63. The Hall–Kier alpha value is -1.02. The first kappa shape index (κ1) is 13.0. The number of rotatable bonds is 4. The molecule has 1 aromatic rings. The monoisotopic (exact) mass is 194 g/mol. The lowest BCUT2D eigenvalue weighted by Gasteiger charge is -2.03. The minimum Gasteiger partial charge on any atom is -0.385 e. The van der Waals surface area contributed by atoms with Crippen molar-refractivity contribution in [3.05, 3.63) is 30.3 Å². The van der Waals surface area contributed by atoms with Crippen molar-refractivity contribution in [3.63, 3.8) is 0 Å². The van der Waals surface area contributed by atoms with Crippen molar-refractivity contribution in [2.24, 2.45) is 5.73 Å². The predicted octanol–water partition coefficient (Wildman–Crippen LogP) is 2.86. The molecule has 0 bridgehead atoms. The Labute approximate surface area is 87.5 Å². The zero-order valence-electron chi connectivity index (χ0n) is 9.29. The molecule has 0 saturated heterocycles. The van der Waals surface area contributed by atoms with Crippen molar-refractivity contribution < 1.29 is 0 Å². The summed E-state index contributed by atoms with van der Waals surface area (Å²) in [7, 11) is 0. The zero-order valence-corrected chi connectivity index (χ0v) is 9.29. The van der Waals surface area contributed by atoms with Crippen LogP contribution in [0.4, 0.5) is 5.69 Å². The summed E-state index contributed by atoms with van der Waals surface area (Å²) in [6.07, 6.45) is 2.49. The van der Waals surface area contributed by atoms with Crippen LogP contribution in [0.15, 0.2) is 30.3 Å². The van der Waals surface area contributed by atoms with Crippen molar-refractivity contribution in [1.82, 2.24) is 0 Å². The highest BCUT2D eigenvalue weighted by molar-refractivity contribution is 5.42. The molecule has 0 aliphatic rings. The summed E-state index contributed by atoms with van der Waals surface area (Å²) in [6.45, 7) is 5.94. The number of nitrogens with two attached hydrogens (primary N) is 1. The molecule has 0 heterocycles. The molecular weight excluding hydrogens is 172 g/mol. The fourth-order valence-corrected chi connectivity index (χ4v) is 0.966. The maximum absolute atomic E-state index is 4.85. The number of nitrogens with one attached hydrogen (secondary N) is 1. The maximum Gasteiger partial charge on any atom is 0.0340 e. The molecule has 1 aromatic carbocycles. The number of unbranched alkanes of at least 4 members (excludes halogenated alkanes) is 1. The lowest BCUT2D eigenvalue weighted by molar-refractivity contribution is 0.834. The Morgan fingerprint density at radius 2 is 1.71 bits per heavy atom. The predicted molar refractivity (Wildman–Crippen MR) is 64.6 cm³/mol. The van der Waals surface area contributed by atoms with E-state index < -0.39 is 0 Å². The molecule has 0 spiro atoms. The second-order valence-corrected chi connectivity index (χ2v) is 3.05. The molecule has 0 saturated carbocycles. The van der Waals surface area contributed by atoms with Gasteiger partial charge in [-0.25, -0.2) is 0 Å². The molecule has 14 heavy (non-hydrogen) atoms. The normalized spacial score (nSPS) is 8.79. The SMILES string of the molecule is CCCCNc1ccccc1.CCN. The fourth-order valence-electron chi connectivity index (χ4n) is 0.966. The van der Waals surface area contributed by atoms with E-state index in [4.69, 9.17) is 5.73 Å². The van der Waals surface area contributed by atoms with E-state index in [0.29, 0.717) is 0 Å². The van der Waals surface area contributed by atoms with Gasteiger partial charge in [-0.05, 0) is 25.1 Å². The number of hydrogen-bond donors (Lipinski definition) is 2. The van der Waals surface area contributed by atoms with Crippen LogP contribution in [0.1, 0.15) is 26.7 Å². The van der Waals surface area contributed by atoms with E-state index in [-0.39, 0.29) is 0 Å². The van der Waals surface area contributed by atoms with Gasteiger partial charge in [-0.3, -0.25) is 0 Å². The summed E-state index contributed by atoms with van der Waals surface area (Å²) < 4.78 is 0. The van der Waals surface area contributed by atoms with Gasteiger partial charge >= 0.3 is 0 Å². The molecule has 0 atom stereocenters. The number of hydrogen-bond acceptors (Lipinski definition) is 2. The lowest BCUT2D eigenvalue weighted by Crippen LogP contribution is -1.99. The van der Waals surface area contributed by atoms with Crippen LogP contribution in [0.3, 0.4) is 0 Å². The average Bonchev–Trinajstić information content (AvgIpc) is 2.21. The first-order chi connectivity index (χ1) is 6.85. The number of benzene rings is 1. The number of para-hydroxylation sites is 1. The molecule has 0 aliphatic carbocycles. The summed E-state index contributed by atoms with van der Waals surface area (Å²) in [5.74, 6) is 0. The highest BCUT2D eigenvalue weighted by Crippen LogP contribution is 2.04. The van der Waals surface area contributed by atoms with Gasteiger partial charge in [-0.1, -0.05) is 38.5 Å². The maximum atomic E-state index is 4.85. The van der Waals surface area contributed by atoms with Gasteiger partial charge in [0, 0.05) is 12.2 Å². The molecule has 1 rings (SSSR count). The summed E-state index contributed by atoms with van der Waals surface area (Å²) in [5, 5.41) is 3.35. The van der Waals surface area contributed by atoms with Crippen molar-refractivity contribution in [1.29, 1.82) is 0 Å². The molecule has 0 aliphatic heterocycles. The Balaban J connectivity index is 0.000000500. The van der Waals surface area contributed by atoms with Gasteiger partial charge in [0.25, 0.3) is 0 Å². The van der Waals surface area contributed by atoms with Gasteiger partial charge in [-0.2, -0.15) is 0 Å². The summed E-state index contributed by atoms with van der Waals surface area (Å²) in [4.78, 5) is 0. The molecule has 80 valence electrons. The molecule has 0 radical (unpaired) electrons. The van der Waals surface area contributed by atoms with E-state index in [9.17, 15) is 0 Å². The minimum absolute atomic E-state index is 0.750. The van der Waals surface area contributed by atoms with Crippen LogP contribution >= 0.6 is 0 Å². The van der Waals surface area contributed by atoms with Crippen LogP contribution in [0.5, 0.6) is 0 Å². The smallest absolute Gasteiger partial charge is 0.0340 e. The highest BCUT2D eigenvalue weighted by Gasteiger charge is 1.86. The van der Waals surface area contributed by atoms with Crippen LogP contribution in [-0.4, -0.2) is 13.1 Å². The van der Waals surface area contributed by atoms with Crippen molar-refractivity contribution in [2.75, 3.05) is 18.4 Å². The van der Waals surface area contributed by atoms with Crippen LogP contribution < -0.4 is 11.1 Å². The highest BCUT2D eigenvalue weighted by atomic mass is 14.9. The quantitative estimate of drug-likeness (QED) is 0.723. The average molecular weight is 194 g/mol. The second kappa shape index (κ2) is 10.1. The van der Waals surface area contributed by atoms with E-state index in [2.05, 4.69) is 24.4 Å². The second-order valence-electron chi connectivity index (χ2n) is 3.05. The van der Waals surface area contributed by atoms with Crippen molar-refractivity contribution >= 4 is 5.69 Å². The molecule has 2 heteroatoms. The summed E-state index contributed by atoms with van der Waals surface area (Å²) >= 11 is 0. The Bertz CT molecular complexity index is 197. The van der Waals surface area contributed by atoms with Gasteiger partial charge in [0.2, 0.25) is 0 Å². The lowest BCUT2D eigenvalue weighted by atomic mass is 10.3. The minimum atomic E-state index is 0.750. The first-order valence-electron chi connectivity index (χ1n) is 5.34. The van der Waals surface area contributed by atoms with E-state index in [1.807, 2.05) is 25.1 Å². The molecule has 3 N–H and O–H groups in total. The van der Waals surface area contributed by atoms with Gasteiger partial charge in [-0.15, -0.1) is 0 Å². The van der Waals surface area contributed by atoms with Crippen LogP contribution in [0.25, 0.3) is 0 Å². The Morgan fingerprint density at radius 3 is 2.21 bits per heavy atom. The van der Waals surface area contributed by atoms with Crippen LogP contribution in [0, 0.1) is 0 Å². The van der Waals surface area contributed by atoms with E-state index >= 15 is 0 Å². The summed E-state index contributed by atoms with van der Waals surface area (Å²) in [6, 6.07) is 10.3. The molecular formula is C12H22N2. The van der Waals surface area contributed by atoms with Crippen LogP contribution in [0.2, 0.25) is 0 Å². The van der Waals surface area contributed by atoms with Crippen molar-refractivity contribution in [3.8, 4) is 0 Å². The van der Waals surface area contributed by atoms with Gasteiger partial charge in [0.05, 0.1) is 0 Å². The van der Waals surface area contributed by atoms with Crippen LogP contribution in [-0.2, 0) is 0 Å².